The number of aromatic nitrogens is 1. The van der Waals surface area contributed by atoms with Crippen molar-refractivity contribution >= 4 is 12.0 Å². The largest absolute Gasteiger partial charge is 0.465 e. The van der Waals surface area contributed by atoms with Gasteiger partial charge in [0.25, 0.3) is 5.91 Å². The Morgan fingerprint density at radius 3 is 2.70 bits per heavy atom. The minimum absolute atomic E-state index is 0.00710. The molecule has 1 saturated heterocycles. The van der Waals surface area contributed by atoms with Gasteiger partial charge in [-0.2, -0.15) is 0 Å². The zero-order valence-electron chi connectivity index (χ0n) is 11.1. The first kappa shape index (κ1) is 14.3. The summed E-state index contributed by atoms with van der Waals surface area (Å²) in [7, 11) is 0. The average Bonchev–Trinajstić information content (AvgIpc) is 2.43. The van der Waals surface area contributed by atoms with Gasteiger partial charge in [0.2, 0.25) is 0 Å². The highest BCUT2D eigenvalue weighted by molar-refractivity contribution is 5.92. The number of carbonyl (C=O) groups is 2. The highest BCUT2D eigenvalue weighted by Crippen LogP contribution is 2.18. The molecule has 1 aliphatic rings. The summed E-state index contributed by atoms with van der Waals surface area (Å²) in [6.45, 7) is 2.06. The zero-order valence-corrected chi connectivity index (χ0v) is 11.1. The van der Waals surface area contributed by atoms with E-state index < -0.39 is 18.2 Å². The number of amides is 2. The van der Waals surface area contributed by atoms with Crippen LogP contribution in [0.2, 0.25) is 0 Å². The van der Waals surface area contributed by atoms with Crippen molar-refractivity contribution in [3.63, 3.8) is 0 Å². The Morgan fingerprint density at radius 2 is 2.15 bits per heavy atom. The van der Waals surface area contributed by atoms with Crippen LogP contribution < -0.4 is 5.32 Å². The summed E-state index contributed by atoms with van der Waals surface area (Å²) < 4.78 is 0. The van der Waals surface area contributed by atoms with Crippen LogP contribution in [0.3, 0.4) is 0 Å². The number of piperidine rings is 1. The van der Waals surface area contributed by atoms with E-state index in [0.29, 0.717) is 0 Å². The number of aliphatic hydroxyl groups excluding tert-OH is 1. The Kier molecular flexibility index (Phi) is 4.19. The number of nitrogens with zero attached hydrogens (tertiary/aromatic N) is 2. The lowest BCUT2D eigenvalue weighted by Gasteiger charge is -2.39. The Labute approximate surface area is 116 Å². The summed E-state index contributed by atoms with van der Waals surface area (Å²) in [5, 5.41) is 21.7. The number of β-amino-alcohol motifs (C(OH)–C–C–N with tert-alkyl or cyclic N) is 1. The van der Waals surface area contributed by atoms with E-state index >= 15 is 0 Å². The smallest absolute Gasteiger partial charge is 0.407 e. The van der Waals surface area contributed by atoms with Gasteiger partial charge in [0.05, 0.1) is 18.7 Å². The Bertz CT molecular complexity index is 482. The number of carbonyl (C=O) groups excluding carboxylic acids is 1. The van der Waals surface area contributed by atoms with Crippen LogP contribution in [0.1, 0.15) is 17.4 Å². The molecule has 3 unspecified atom stereocenters. The fourth-order valence-corrected chi connectivity index (χ4v) is 2.37. The third kappa shape index (κ3) is 3.05. The number of pyridine rings is 1. The third-order valence-electron chi connectivity index (χ3n) is 3.41. The van der Waals surface area contributed by atoms with Crippen LogP contribution in [0.25, 0.3) is 0 Å². The predicted molar refractivity (Wildman–Crippen MR) is 70.3 cm³/mol. The molecule has 2 heterocycles. The van der Waals surface area contributed by atoms with E-state index in [1.807, 2.05) is 0 Å². The highest BCUT2D eigenvalue weighted by Gasteiger charge is 2.36. The van der Waals surface area contributed by atoms with Crippen LogP contribution in [0.15, 0.2) is 24.4 Å². The van der Waals surface area contributed by atoms with Gasteiger partial charge in [-0.15, -0.1) is 0 Å². The van der Waals surface area contributed by atoms with Gasteiger partial charge in [0.1, 0.15) is 5.69 Å². The van der Waals surface area contributed by atoms with Gasteiger partial charge in [-0.1, -0.05) is 13.0 Å². The molecule has 0 spiro atoms. The van der Waals surface area contributed by atoms with Crippen molar-refractivity contribution in [1.82, 2.24) is 15.2 Å². The maximum atomic E-state index is 12.0. The van der Waals surface area contributed by atoms with Gasteiger partial charge >= 0.3 is 6.09 Å². The first-order chi connectivity index (χ1) is 9.49. The monoisotopic (exact) mass is 279 g/mol. The van der Waals surface area contributed by atoms with Gasteiger partial charge in [-0.3, -0.25) is 9.78 Å². The second-order valence-corrected chi connectivity index (χ2v) is 4.95. The van der Waals surface area contributed by atoms with E-state index in [-0.39, 0.29) is 30.6 Å². The van der Waals surface area contributed by atoms with Crippen LogP contribution in [-0.4, -0.2) is 57.3 Å². The number of carboxylic acid groups (broad SMARTS) is 1. The lowest BCUT2D eigenvalue weighted by Crippen LogP contribution is -2.59. The van der Waals surface area contributed by atoms with Crippen LogP contribution in [0.4, 0.5) is 4.79 Å². The van der Waals surface area contributed by atoms with Crippen molar-refractivity contribution in [2.24, 2.45) is 5.92 Å². The van der Waals surface area contributed by atoms with Crippen molar-refractivity contribution in [2.45, 2.75) is 19.1 Å². The maximum Gasteiger partial charge on any atom is 0.407 e. The molecular formula is C13H17N3O4. The van der Waals surface area contributed by atoms with E-state index in [1.165, 1.54) is 6.20 Å². The average molecular weight is 279 g/mol. The van der Waals surface area contributed by atoms with Gasteiger partial charge in [0.15, 0.2) is 0 Å². The molecule has 3 N–H and O–H groups in total. The van der Waals surface area contributed by atoms with Crippen LogP contribution in [-0.2, 0) is 0 Å². The fourth-order valence-electron chi connectivity index (χ4n) is 2.37. The molecule has 1 aromatic rings. The maximum absolute atomic E-state index is 12.0. The summed E-state index contributed by atoms with van der Waals surface area (Å²) in [5.74, 6) is -0.548. The molecule has 20 heavy (non-hydrogen) atoms. The van der Waals surface area contributed by atoms with Crippen molar-refractivity contribution < 1.29 is 19.8 Å². The van der Waals surface area contributed by atoms with Gasteiger partial charge < -0.3 is 20.4 Å². The van der Waals surface area contributed by atoms with Gasteiger partial charge in [-0.05, 0) is 18.1 Å². The molecule has 0 aliphatic carbocycles. The van der Waals surface area contributed by atoms with Crippen molar-refractivity contribution in [3.8, 4) is 0 Å². The number of likely N-dealkylation sites (tertiary alicyclic amines) is 1. The summed E-state index contributed by atoms with van der Waals surface area (Å²) >= 11 is 0. The molecule has 7 heteroatoms. The molecule has 7 nitrogen and oxygen atoms in total. The number of hydrogen-bond acceptors (Lipinski definition) is 4. The first-order valence-corrected chi connectivity index (χ1v) is 6.37. The first-order valence-electron chi connectivity index (χ1n) is 6.37. The summed E-state index contributed by atoms with van der Waals surface area (Å²) in [4.78, 5) is 28.0. The Balaban J connectivity index is 2.03. The summed E-state index contributed by atoms with van der Waals surface area (Å²) in [5.41, 5.74) is 0.271. The molecule has 2 amide bonds. The van der Waals surface area contributed by atoms with E-state index in [4.69, 9.17) is 5.11 Å². The van der Waals surface area contributed by atoms with Crippen molar-refractivity contribution in [1.29, 1.82) is 0 Å². The topological polar surface area (TPSA) is 103 Å². The molecule has 3 atom stereocenters. The molecule has 1 aliphatic heterocycles. The molecule has 108 valence electrons. The van der Waals surface area contributed by atoms with E-state index in [1.54, 1.807) is 25.1 Å². The van der Waals surface area contributed by atoms with Gasteiger partial charge in [0, 0.05) is 12.7 Å². The fraction of sp³-hybridized carbons (Fsp3) is 0.462. The number of aliphatic hydroxyl groups is 1. The molecule has 0 saturated carbocycles. The molecule has 0 radical (unpaired) electrons. The van der Waals surface area contributed by atoms with Gasteiger partial charge in [-0.25, -0.2) is 4.79 Å². The van der Waals surface area contributed by atoms with Crippen LogP contribution in [0, 0.1) is 5.92 Å². The SMILES string of the molecule is CC1CN(C(=O)O)CC(O)C1NC(=O)c1ccccn1. The Morgan fingerprint density at radius 1 is 1.40 bits per heavy atom. The number of nitrogens with one attached hydrogen (secondary N) is 1. The van der Waals surface area contributed by atoms with E-state index in [9.17, 15) is 14.7 Å². The zero-order chi connectivity index (χ0) is 14.7. The predicted octanol–water partition coefficient (Wildman–Crippen LogP) is 0.171. The second kappa shape index (κ2) is 5.87. The normalized spacial score (nSPS) is 26.1. The molecule has 2 rings (SSSR count). The van der Waals surface area contributed by atoms with Crippen molar-refractivity contribution in [3.05, 3.63) is 30.1 Å². The van der Waals surface area contributed by atoms with E-state index in [2.05, 4.69) is 10.3 Å². The minimum Gasteiger partial charge on any atom is -0.465 e. The molecule has 1 fully saturated rings. The van der Waals surface area contributed by atoms with E-state index in [0.717, 1.165) is 4.90 Å². The quantitative estimate of drug-likeness (QED) is 0.716. The van der Waals surface area contributed by atoms with Crippen molar-refractivity contribution in [2.75, 3.05) is 13.1 Å². The summed E-state index contributed by atoms with van der Waals surface area (Å²) in [6, 6.07) is 4.51. The molecular weight excluding hydrogens is 262 g/mol. The lowest BCUT2D eigenvalue weighted by atomic mass is 9.91. The summed E-state index contributed by atoms with van der Waals surface area (Å²) in [6.07, 6.45) is -0.477. The Hall–Kier alpha value is -2.15. The third-order valence-corrected chi connectivity index (χ3v) is 3.41. The minimum atomic E-state index is -1.06. The molecule has 0 aromatic carbocycles. The molecule has 1 aromatic heterocycles. The van der Waals surface area contributed by atoms with Crippen LogP contribution >= 0.6 is 0 Å². The second-order valence-electron chi connectivity index (χ2n) is 4.95. The number of hydrogen-bond donors (Lipinski definition) is 3. The highest BCUT2D eigenvalue weighted by atomic mass is 16.4. The van der Waals surface area contributed by atoms with Crippen LogP contribution in [0.5, 0.6) is 0 Å². The standard InChI is InChI=1S/C13H17N3O4/c1-8-6-16(13(19)20)7-10(17)11(8)15-12(18)9-4-2-3-5-14-9/h2-5,8,10-11,17H,6-7H2,1H3,(H,15,18)(H,19,20). The lowest BCUT2D eigenvalue weighted by molar-refractivity contribution is 0.0159. The number of rotatable bonds is 2. The molecule has 0 bridgehead atoms.